The fourth-order valence-electron chi connectivity index (χ4n) is 2.67. The lowest BCUT2D eigenvalue weighted by molar-refractivity contribution is -0.136. The Hall–Kier alpha value is -4.17. The fraction of sp³-hybridized carbons (Fsp3) is 0.0833. The number of esters is 1. The van der Waals surface area contributed by atoms with E-state index in [1.807, 2.05) is 19.1 Å². The summed E-state index contributed by atoms with van der Waals surface area (Å²) >= 11 is 5.85. The second kappa shape index (κ2) is 10.9. The van der Waals surface area contributed by atoms with Crippen LogP contribution in [-0.4, -0.2) is 31.1 Å². The second-order valence-electron chi connectivity index (χ2n) is 6.83. The Balaban J connectivity index is 1.60. The van der Waals surface area contributed by atoms with Crippen LogP contribution in [0.1, 0.15) is 21.5 Å². The number of anilines is 1. The van der Waals surface area contributed by atoms with Gasteiger partial charge in [-0.25, -0.2) is 10.2 Å². The number of rotatable bonds is 6. The molecule has 0 aliphatic carbocycles. The number of hydrogen-bond acceptors (Lipinski definition) is 6. The lowest BCUT2D eigenvalue weighted by atomic mass is 10.1. The predicted octanol–water partition coefficient (Wildman–Crippen LogP) is 3.97. The van der Waals surface area contributed by atoms with Gasteiger partial charge in [-0.05, 0) is 61.0 Å². The highest BCUT2D eigenvalue weighted by Gasteiger charge is 2.14. The summed E-state index contributed by atoms with van der Waals surface area (Å²) in [6, 6.07) is 18.1. The van der Waals surface area contributed by atoms with Gasteiger partial charge in [-0.1, -0.05) is 35.4 Å². The number of methoxy groups -OCH3 is 1. The van der Waals surface area contributed by atoms with Crippen LogP contribution < -0.4 is 20.2 Å². The Morgan fingerprint density at radius 1 is 0.939 bits per heavy atom. The van der Waals surface area contributed by atoms with Crippen LogP contribution in [0.5, 0.6) is 11.5 Å². The van der Waals surface area contributed by atoms with Gasteiger partial charge in [0, 0.05) is 10.7 Å². The smallest absolute Gasteiger partial charge is 0.343 e. The highest BCUT2D eigenvalue weighted by Crippen LogP contribution is 2.28. The summed E-state index contributed by atoms with van der Waals surface area (Å²) in [5.74, 6) is -1.85. The highest BCUT2D eigenvalue weighted by atomic mass is 35.5. The van der Waals surface area contributed by atoms with Crippen LogP contribution >= 0.6 is 11.6 Å². The zero-order chi connectivity index (χ0) is 23.8. The van der Waals surface area contributed by atoms with E-state index in [1.54, 1.807) is 48.5 Å². The first-order chi connectivity index (χ1) is 15.9. The molecule has 0 aliphatic rings. The van der Waals surface area contributed by atoms with E-state index in [-0.39, 0.29) is 5.75 Å². The van der Waals surface area contributed by atoms with E-state index in [4.69, 9.17) is 21.1 Å². The average molecular weight is 466 g/mol. The topological polar surface area (TPSA) is 106 Å². The molecule has 0 radical (unpaired) electrons. The van der Waals surface area contributed by atoms with Crippen molar-refractivity contribution in [2.45, 2.75) is 6.92 Å². The van der Waals surface area contributed by atoms with Crippen LogP contribution in [0.2, 0.25) is 5.02 Å². The van der Waals surface area contributed by atoms with E-state index >= 15 is 0 Å². The van der Waals surface area contributed by atoms with Crippen molar-refractivity contribution in [3.8, 4) is 11.5 Å². The van der Waals surface area contributed by atoms with Crippen molar-refractivity contribution in [1.82, 2.24) is 5.43 Å². The number of carbonyl (C=O) groups excluding carboxylic acids is 3. The number of halogens is 1. The zero-order valence-electron chi connectivity index (χ0n) is 17.8. The lowest BCUT2D eigenvalue weighted by Gasteiger charge is -2.10. The second-order valence-corrected chi connectivity index (χ2v) is 7.27. The van der Waals surface area contributed by atoms with Gasteiger partial charge >= 0.3 is 17.8 Å². The first kappa shape index (κ1) is 23.5. The zero-order valence-corrected chi connectivity index (χ0v) is 18.6. The molecule has 0 atom stereocenters. The summed E-state index contributed by atoms with van der Waals surface area (Å²) in [6.07, 6.45) is 1.32. The Morgan fingerprint density at radius 2 is 1.70 bits per heavy atom. The summed E-state index contributed by atoms with van der Waals surface area (Å²) in [5, 5.41) is 6.61. The highest BCUT2D eigenvalue weighted by molar-refractivity contribution is 6.39. The Bertz CT molecular complexity index is 1210. The summed E-state index contributed by atoms with van der Waals surface area (Å²) in [6.45, 7) is 1.92. The molecule has 168 valence electrons. The molecule has 3 aromatic carbocycles. The fourth-order valence-corrected chi connectivity index (χ4v) is 2.86. The number of carbonyl (C=O) groups is 3. The normalized spacial score (nSPS) is 10.5. The molecule has 0 saturated heterocycles. The number of amides is 2. The molecular weight excluding hydrogens is 446 g/mol. The molecule has 0 bridgehead atoms. The molecule has 2 N–H and O–H groups in total. The van der Waals surface area contributed by atoms with Gasteiger partial charge in [0.1, 0.15) is 0 Å². The molecule has 3 rings (SSSR count). The van der Waals surface area contributed by atoms with Crippen molar-refractivity contribution in [3.63, 3.8) is 0 Å². The van der Waals surface area contributed by atoms with Crippen LogP contribution in [0.4, 0.5) is 5.69 Å². The molecule has 2 amide bonds. The van der Waals surface area contributed by atoms with Crippen molar-refractivity contribution in [3.05, 3.63) is 88.4 Å². The van der Waals surface area contributed by atoms with Gasteiger partial charge in [0.25, 0.3) is 0 Å². The number of benzene rings is 3. The molecule has 8 nitrogen and oxygen atoms in total. The third kappa shape index (κ3) is 6.65. The van der Waals surface area contributed by atoms with E-state index in [0.717, 1.165) is 5.56 Å². The van der Waals surface area contributed by atoms with Gasteiger partial charge in [-0.15, -0.1) is 0 Å². The minimum atomic E-state index is -0.957. The van der Waals surface area contributed by atoms with Crippen LogP contribution in [0.15, 0.2) is 71.8 Å². The monoisotopic (exact) mass is 465 g/mol. The third-order valence-corrected chi connectivity index (χ3v) is 4.58. The maximum Gasteiger partial charge on any atom is 0.343 e. The van der Waals surface area contributed by atoms with Gasteiger partial charge in [-0.3, -0.25) is 9.59 Å². The molecule has 0 fully saturated rings. The average Bonchev–Trinajstić information content (AvgIpc) is 2.80. The lowest BCUT2D eigenvalue weighted by Crippen LogP contribution is -2.32. The van der Waals surface area contributed by atoms with Crippen LogP contribution in [0.3, 0.4) is 0 Å². The van der Waals surface area contributed by atoms with Gasteiger partial charge in [0.2, 0.25) is 0 Å². The molecule has 0 spiro atoms. The van der Waals surface area contributed by atoms with E-state index in [2.05, 4.69) is 15.8 Å². The predicted molar refractivity (Wildman–Crippen MR) is 125 cm³/mol. The number of ether oxygens (including phenoxy) is 2. The van der Waals surface area contributed by atoms with Gasteiger partial charge in [0.05, 0.1) is 18.9 Å². The summed E-state index contributed by atoms with van der Waals surface area (Å²) < 4.78 is 10.7. The molecule has 0 saturated carbocycles. The van der Waals surface area contributed by atoms with E-state index in [9.17, 15) is 14.4 Å². The van der Waals surface area contributed by atoms with Gasteiger partial charge in [0.15, 0.2) is 11.5 Å². The molecule has 33 heavy (non-hydrogen) atoms. The molecule has 0 aliphatic heterocycles. The first-order valence-corrected chi connectivity index (χ1v) is 10.1. The van der Waals surface area contributed by atoms with E-state index in [0.29, 0.717) is 27.6 Å². The van der Waals surface area contributed by atoms with Crippen LogP contribution in [0.25, 0.3) is 0 Å². The Morgan fingerprint density at radius 3 is 2.39 bits per heavy atom. The Labute approximate surface area is 195 Å². The van der Waals surface area contributed by atoms with Crippen molar-refractivity contribution in [2.75, 3.05) is 12.4 Å². The molecule has 9 heteroatoms. The number of hydrogen-bond donors (Lipinski definition) is 2. The van der Waals surface area contributed by atoms with Crippen LogP contribution in [-0.2, 0) is 9.59 Å². The minimum Gasteiger partial charge on any atom is -0.493 e. The summed E-state index contributed by atoms with van der Waals surface area (Å²) in [4.78, 5) is 36.2. The first-order valence-electron chi connectivity index (χ1n) is 9.72. The van der Waals surface area contributed by atoms with Gasteiger partial charge < -0.3 is 14.8 Å². The van der Waals surface area contributed by atoms with Gasteiger partial charge in [-0.2, -0.15) is 5.10 Å². The minimum absolute atomic E-state index is 0.227. The van der Waals surface area contributed by atoms with E-state index in [1.165, 1.54) is 19.4 Å². The maximum atomic E-state index is 12.3. The number of hydrazone groups is 1. The Kier molecular flexibility index (Phi) is 7.77. The summed E-state index contributed by atoms with van der Waals surface area (Å²) in [5.41, 5.74) is 4.50. The molecule has 3 aromatic rings. The largest absolute Gasteiger partial charge is 0.493 e. The van der Waals surface area contributed by atoms with Crippen molar-refractivity contribution >= 4 is 41.3 Å². The number of aryl methyl sites for hydroxylation is 1. The van der Waals surface area contributed by atoms with Crippen molar-refractivity contribution in [1.29, 1.82) is 0 Å². The number of nitrogens with one attached hydrogen (secondary N) is 2. The van der Waals surface area contributed by atoms with E-state index < -0.39 is 17.8 Å². The number of nitrogens with zero attached hydrogens (tertiary/aromatic N) is 1. The van der Waals surface area contributed by atoms with Crippen LogP contribution in [0, 0.1) is 6.92 Å². The van der Waals surface area contributed by atoms with Crippen molar-refractivity contribution in [2.24, 2.45) is 5.10 Å². The molecule has 0 unspecified atom stereocenters. The quantitative estimate of drug-likeness (QED) is 0.188. The molecular formula is C24H20ClN3O5. The standard InChI is InChI=1S/C24H20ClN3O5/c1-15-6-9-17(10-7-15)24(31)33-20-11-8-16(12-21(20)32-2)14-26-28-23(30)22(29)27-19-5-3-4-18(25)13-19/h3-14H,1-2H3,(H,27,29)(H,28,30)/b26-14+. The van der Waals surface area contributed by atoms with Crippen molar-refractivity contribution < 1.29 is 23.9 Å². The molecule has 0 heterocycles. The summed E-state index contributed by atoms with van der Waals surface area (Å²) in [7, 11) is 1.43. The third-order valence-electron chi connectivity index (χ3n) is 4.35. The maximum absolute atomic E-state index is 12.3. The molecule has 0 aromatic heterocycles. The SMILES string of the molecule is COc1cc(/C=N/NC(=O)C(=O)Nc2cccc(Cl)c2)ccc1OC(=O)c1ccc(C)cc1.